The number of carbonyl (C=O) groups is 2. The molecule has 0 saturated carbocycles. The van der Waals surface area contributed by atoms with Gasteiger partial charge in [-0.2, -0.15) is 0 Å². The van der Waals surface area contributed by atoms with Crippen LogP contribution in [-0.2, 0) is 14.3 Å². The maximum absolute atomic E-state index is 11.4. The molecule has 1 aromatic rings. The molecule has 7 heteroatoms. The minimum Gasteiger partial charge on any atom is -0.497 e. The summed E-state index contributed by atoms with van der Waals surface area (Å²) in [6, 6.07) is 6.85. The normalized spacial score (nSPS) is 9.85. The zero-order chi connectivity index (χ0) is 14.8. The van der Waals surface area contributed by atoms with E-state index >= 15 is 0 Å². The summed E-state index contributed by atoms with van der Waals surface area (Å²) in [7, 11) is 1.57. The summed E-state index contributed by atoms with van der Waals surface area (Å²) >= 11 is 0. The van der Waals surface area contributed by atoms with Crippen molar-refractivity contribution in [3.8, 4) is 11.5 Å². The van der Waals surface area contributed by atoms with Gasteiger partial charge in [0.2, 0.25) is 0 Å². The summed E-state index contributed by atoms with van der Waals surface area (Å²) in [6.07, 6.45) is 0. The van der Waals surface area contributed by atoms with E-state index in [0.29, 0.717) is 11.5 Å². The molecule has 0 atom stereocenters. The zero-order valence-corrected chi connectivity index (χ0v) is 11.1. The van der Waals surface area contributed by atoms with Gasteiger partial charge in [0.05, 0.1) is 13.7 Å². The van der Waals surface area contributed by atoms with E-state index in [9.17, 15) is 9.59 Å². The topological polar surface area (TPSA) is 94.1 Å². The molecule has 0 aliphatic heterocycles. The lowest BCUT2D eigenvalue weighted by Crippen LogP contribution is -2.32. The number of benzene rings is 1. The Hall–Kier alpha value is -2.28. The highest BCUT2D eigenvalue weighted by atomic mass is 16.5. The van der Waals surface area contributed by atoms with Crippen LogP contribution in [0.3, 0.4) is 0 Å². The fourth-order valence-corrected chi connectivity index (χ4v) is 1.29. The van der Waals surface area contributed by atoms with Crippen molar-refractivity contribution in [2.45, 2.75) is 0 Å². The van der Waals surface area contributed by atoms with Crippen molar-refractivity contribution in [1.29, 1.82) is 0 Å². The molecule has 1 rings (SSSR count). The van der Waals surface area contributed by atoms with E-state index in [2.05, 4.69) is 5.32 Å². The van der Waals surface area contributed by atoms with E-state index in [0.717, 1.165) is 0 Å². The SMILES string of the molecule is COc1ccc(OCC(=O)NCCOCC(=O)O)cc1. The van der Waals surface area contributed by atoms with Gasteiger partial charge in [0.1, 0.15) is 18.1 Å². The second-order valence-electron chi connectivity index (χ2n) is 3.76. The van der Waals surface area contributed by atoms with E-state index in [4.69, 9.17) is 19.3 Å². The molecule has 0 unspecified atom stereocenters. The molecule has 0 aromatic heterocycles. The van der Waals surface area contributed by atoms with Gasteiger partial charge in [0.25, 0.3) is 5.91 Å². The van der Waals surface area contributed by atoms with Gasteiger partial charge in [-0.05, 0) is 24.3 Å². The van der Waals surface area contributed by atoms with E-state index < -0.39 is 5.97 Å². The van der Waals surface area contributed by atoms with Crippen LogP contribution in [0.15, 0.2) is 24.3 Å². The Labute approximate surface area is 116 Å². The van der Waals surface area contributed by atoms with Crippen LogP contribution in [-0.4, -0.2) is 50.5 Å². The number of carbonyl (C=O) groups excluding carboxylic acids is 1. The summed E-state index contributed by atoms with van der Waals surface area (Å²) < 4.78 is 15.0. The number of ether oxygens (including phenoxy) is 3. The molecule has 0 radical (unpaired) electrons. The lowest BCUT2D eigenvalue weighted by molar-refractivity contribution is -0.142. The summed E-state index contributed by atoms with van der Waals surface area (Å²) in [6.45, 7) is -0.123. The van der Waals surface area contributed by atoms with Crippen molar-refractivity contribution in [2.24, 2.45) is 0 Å². The van der Waals surface area contributed by atoms with Crippen LogP contribution in [0, 0.1) is 0 Å². The molecule has 2 N–H and O–H groups in total. The molecule has 0 spiro atoms. The second-order valence-corrected chi connectivity index (χ2v) is 3.76. The van der Waals surface area contributed by atoms with Gasteiger partial charge in [-0.3, -0.25) is 4.79 Å². The van der Waals surface area contributed by atoms with Crippen LogP contribution in [0.4, 0.5) is 0 Å². The minimum atomic E-state index is -1.04. The highest BCUT2D eigenvalue weighted by molar-refractivity contribution is 5.77. The molecular weight excluding hydrogens is 266 g/mol. The lowest BCUT2D eigenvalue weighted by atomic mass is 10.3. The van der Waals surface area contributed by atoms with Crippen LogP contribution in [0.5, 0.6) is 11.5 Å². The third-order valence-corrected chi connectivity index (χ3v) is 2.22. The van der Waals surface area contributed by atoms with Crippen molar-refractivity contribution in [3.63, 3.8) is 0 Å². The highest BCUT2D eigenvalue weighted by Gasteiger charge is 2.03. The summed E-state index contributed by atoms with van der Waals surface area (Å²) in [5.74, 6) is -0.0839. The van der Waals surface area contributed by atoms with Crippen LogP contribution in [0.1, 0.15) is 0 Å². The third kappa shape index (κ3) is 6.60. The molecule has 0 aliphatic rings. The number of nitrogens with one attached hydrogen (secondary N) is 1. The first-order valence-corrected chi connectivity index (χ1v) is 5.95. The standard InChI is InChI=1S/C13H17NO6/c1-18-10-2-4-11(5-3-10)20-8-12(15)14-6-7-19-9-13(16)17/h2-5H,6-9H2,1H3,(H,14,15)(H,16,17). The van der Waals surface area contributed by atoms with Gasteiger partial charge < -0.3 is 24.6 Å². The molecule has 0 aliphatic carbocycles. The Morgan fingerprint density at radius 3 is 2.40 bits per heavy atom. The van der Waals surface area contributed by atoms with Crippen molar-refractivity contribution in [1.82, 2.24) is 5.32 Å². The fraction of sp³-hybridized carbons (Fsp3) is 0.385. The molecule has 0 fully saturated rings. The number of methoxy groups -OCH3 is 1. The smallest absolute Gasteiger partial charge is 0.329 e. The van der Waals surface area contributed by atoms with E-state index in [1.807, 2.05) is 0 Å². The number of amides is 1. The number of carboxylic acid groups (broad SMARTS) is 1. The Bertz CT molecular complexity index is 431. The van der Waals surface area contributed by atoms with Crippen molar-refractivity contribution >= 4 is 11.9 Å². The van der Waals surface area contributed by atoms with E-state index in [1.54, 1.807) is 31.4 Å². The largest absolute Gasteiger partial charge is 0.497 e. The summed E-state index contributed by atoms with van der Waals surface area (Å²) in [4.78, 5) is 21.6. The molecule has 0 bridgehead atoms. The Morgan fingerprint density at radius 1 is 1.15 bits per heavy atom. The minimum absolute atomic E-state index is 0.120. The van der Waals surface area contributed by atoms with Gasteiger partial charge in [0, 0.05) is 6.54 Å². The third-order valence-electron chi connectivity index (χ3n) is 2.22. The molecular formula is C13H17NO6. The maximum Gasteiger partial charge on any atom is 0.329 e. The van der Waals surface area contributed by atoms with Crippen LogP contribution in [0.2, 0.25) is 0 Å². The number of hydrogen-bond acceptors (Lipinski definition) is 5. The van der Waals surface area contributed by atoms with Gasteiger partial charge in [-0.1, -0.05) is 0 Å². The summed E-state index contributed by atoms with van der Waals surface area (Å²) in [5, 5.41) is 10.9. The number of hydrogen-bond donors (Lipinski definition) is 2. The lowest BCUT2D eigenvalue weighted by Gasteiger charge is -2.08. The summed E-state index contributed by atoms with van der Waals surface area (Å²) in [5.41, 5.74) is 0. The van der Waals surface area contributed by atoms with E-state index in [-0.39, 0.29) is 32.3 Å². The molecule has 0 heterocycles. The van der Waals surface area contributed by atoms with Gasteiger partial charge >= 0.3 is 5.97 Å². The monoisotopic (exact) mass is 283 g/mol. The first kappa shape index (κ1) is 15.8. The predicted octanol–water partition coefficient (Wildman–Crippen LogP) is 0.291. The molecule has 110 valence electrons. The predicted molar refractivity (Wildman–Crippen MR) is 70.0 cm³/mol. The van der Waals surface area contributed by atoms with Crippen molar-refractivity contribution < 1.29 is 28.9 Å². The first-order chi connectivity index (χ1) is 9.61. The molecule has 20 heavy (non-hydrogen) atoms. The van der Waals surface area contributed by atoms with Crippen molar-refractivity contribution in [2.75, 3.05) is 33.5 Å². The Kier molecular flexibility index (Phi) is 6.91. The molecule has 7 nitrogen and oxygen atoms in total. The Morgan fingerprint density at radius 2 is 1.80 bits per heavy atom. The van der Waals surface area contributed by atoms with E-state index in [1.165, 1.54) is 0 Å². The number of carboxylic acids is 1. The van der Waals surface area contributed by atoms with Gasteiger partial charge in [-0.25, -0.2) is 4.79 Å². The highest BCUT2D eigenvalue weighted by Crippen LogP contribution is 2.16. The Balaban J connectivity index is 2.14. The number of rotatable bonds is 9. The number of aliphatic carboxylic acids is 1. The van der Waals surface area contributed by atoms with Crippen LogP contribution >= 0.6 is 0 Å². The average Bonchev–Trinajstić information content (AvgIpc) is 2.45. The first-order valence-electron chi connectivity index (χ1n) is 5.95. The molecule has 1 aromatic carbocycles. The molecule has 1 amide bonds. The maximum atomic E-state index is 11.4. The second kappa shape index (κ2) is 8.76. The van der Waals surface area contributed by atoms with Crippen molar-refractivity contribution in [3.05, 3.63) is 24.3 Å². The van der Waals surface area contributed by atoms with Crippen LogP contribution in [0.25, 0.3) is 0 Å². The van der Waals surface area contributed by atoms with Crippen LogP contribution < -0.4 is 14.8 Å². The fourth-order valence-electron chi connectivity index (χ4n) is 1.29. The quantitative estimate of drug-likeness (QED) is 0.633. The van der Waals surface area contributed by atoms with Gasteiger partial charge in [0.15, 0.2) is 6.61 Å². The molecule has 0 saturated heterocycles. The average molecular weight is 283 g/mol. The van der Waals surface area contributed by atoms with Gasteiger partial charge in [-0.15, -0.1) is 0 Å². The zero-order valence-electron chi connectivity index (χ0n) is 11.1.